The summed E-state index contributed by atoms with van der Waals surface area (Å²) in [5, 5.41) is 0. The van der Waals surface area contributed by atoms with Crippen LogP contribution in [0.4, 0.5) is 0 Å². The number of hydrogen-bond acceptors (Lipinski definition) is 2. The van der Waals surface area contributed by atoms with E-state index >= 15 is 0 Å². The molecule has 0 heterocycles. The van der Waals surface area contributed by atoms with Crippen molar-refractivity contribution in [2.45, 2.75) is 64.7 Å². The Hall–Kier alpha value is -3.38. The van der Waals surface area contributed by atoms with Crippen molar-refractivity contribution < 1.29 is 22.9 Å². The highest BCUT2D eigenvalue weighted by Gasteiger charge is 2.19. The molecule has 0 fully saturated rings. The third-order valence-electron chi connectivity index (χ3n) is 9.69. The van der Waals surface area contributed by atoms with Crippen LogP contribution < -0.4 is 9.47 Å². The molecule has 5 heteroatoms. The van der Waals surface area contributed by atoms with Gasteiger partial charge in [-0.05, 0) is 104 Å². The van der Waals surface area contributed by atoms with Crippen LogP contribution in [0.2, 0.25) is 0 Å². The molecule has 0 aliphatic carbocycles. The lowest BCUT2D eigenvalue weighted by Gasteiger charge is -2.33. The third-order valence-corrected chi connectivity index (χ3v) is 9.69. The van der Waals surface area contributed by atoms with Crippen molar-refractivity contribution in [3.63, 3.8) is 0 Å². The first kappa shape index (κ1) is 42.0. The summed E-state index contributed by atoms with van der Waals surface area (Å²) < 4.78 is 15.3. The average molecular weight is 699 g/mol. The second-order valence-corrected chi connectivity index (χ2v) is 16.8. The van der Waals surface area contributed by atoms with Crippen LogP contribution in [0.15, 0.2) is 72.8 Å². The summed E-state index contributed by atoms with van der Waals surface area (Å²) in [5.41, 5.74) is 4.71. The van der Waals surface area contributed by atoms with Gasteiger partial charge in [0.1, 0.15) is 24.6 Å². The van der Waals surface area contributed by atoms with Crippen LogP contribution >= 0.6 is 0 Å². The van der Waals surface area contributed by atoms with Gasteiger partial charge in [-0.15, -0.1) is 0 Å². The summed E-state index contributed by atoms with van der Waals surface area (Å²) in [4.78, 5) is 0. The van der Waals surface area contributed by atoms with Crippen LogP contribution in [0, 0.1) is 0 Å². The molecule has 3 aromatic rings. The number of unbranched alkanes of at least 4 members (excludes halogenated alkanes) is 6. The van der Waals surface area contributed by atoms with Crippen molar-refractivity contribution >= 4 is 24.3 Å². The molecule has 0 aromatic heterocycles. The van der Waals surface area contributed by atoms with Crippen molar-refractivity contribution in [1.29, 1.82) is 0 Å². The molecule has 0 aliphatic heterocycles. The minimum absolute atomic E-state index is 0.785. The van der Waals surface area contributed by atoms with Gasteiger partial charge in [-0.3, -0.25) is 0 Å². The number of hydrogen-bond donors (Lipinski definition) is 0. The molecule has 0 atom stereocenters. The van der Waals surface area contributed by atoms with E-state index < -0.39 is 0 Å². The molecule has 0 saturated carbocycles. The molecule has 0 saturated heterocycles. The summed E-state index contributed by atoms with van der Waals surface area (Å²) in [5.74, 6) is 1.90. The van der Waals surface area contributed by atoms with Crippen molar-refractivity contribution in [2.24, 2.45) is 0 Å². The topological polar surface area (TPSA) is 18.5 Å². The molecule has 0 bridgehead atoms. The van der Waals surface area contributed by atoms with Gasteiger partial charge in [-0.2, -0.15) is 0 Å². The lowest BCUT2D eigenvalue weighted by Crippen LogP contribution is -2.49. The Bertz CT molecular complexity index is 1420. The molecule has 0 unspecified atom stereocenters. The molecule has 0 amide bonds. The molecular weight excluding hydrogens is 627 g/mol. The SMILES string of the molecule is CCC[N+](C)(C)CCCCCCOc1ccc(/C=C/c2ccc(/C=C/c3ccc(OCCCCCC[N+](C)(C)CC[N+](C)(C)C)cc3)cc2)cc1. The monoisotopic (exact) mass is 699 g/mol. The standard InChI is InChI=1S/C46H72N3O2/c1-9-34-48(5,6)35-14-10-12-16-39-50-45-30-26-43(27-31-45)24-22-41-18-20-42(21-19-41)23-25-44-28-32-46(33-29-44)51-40-17-13-11-15-36-49(7,8)38-37-47(2,3)4/h18-33H,9-17,34-40H2,1-8H3/q+3/b24-22+,25-23+. The van der Waals surface area contributed by atoms with Crippen molar-refractivity contribution in [2.75, 3.05) is 95.3 Å². The van der Waals surface area contributed by atoms with Crippen LogP contribution in [-0.2, 0) is 0 Å². The minimum Gasteiger partial charge on any atom is -0.494 e. The summed E-state index contributed by atoms with van der Waals surface area (Å²) >= 11 is 0. The van der Waals surface area contributed by atoms with Gasteiger partial charge < -0.3 is 22.9 Å². The fourth-order valence-electron chi connectivity index (χ4n) is 6.22. The maximum absolute atomic E-state index is 6.02. The summed E-state index contributed by atoms with van der Waals surface area (Å²) in [6.07, 6.45) is 19.7. The smallest absolute Gasteiger partial charge is 0.128 e. The van der Waals surface area contributed by atoms with E-state index in [0.717, 1.165) is 51.0 Å². The van der Waals surface area contributed by atoms with Crippen LogP contribution in [0.1, 0.15) is 87.0 Å². The Morgan fingerprint density at radius 3 is 1.08 bits per heavy atom. The van der Waals surface area contributed by atoms with Crippen LogP contribution in [-0.4, -0.2) is 109 Å². The van der Waals surface area contributed by atoms with E-state index in [0.29, 0.717) is 0 Å². The van der Waals surface area contributed by atoms with E-state index in [1.807, 2.05) is 0 Å². The number of nitrogens with zero attached hydrogens (tertiary/aromatic N) is 3. The van der Waals surface area contributed by atoms with Gasteiger partial charge in [0.2, 0.25) is 0 Å². The van der Waals surface area contributed by atoms with Crippen LogP contribution in [0.25, 0.3) is 24.3 Å². The predicted molar refractivity (Wildman–Crippen MR) is 222 cm³/mol. The summed E-state index contributed by atoms with van der Waals surface area (Å²) in [6.45, 7) is 10.1. The molecule has 0 N–H and O–H groups in total. The predicted octanol–water partition coefficient (Wildman–Crippen LogP) is 10.2. The van der Waals surface area contributed by atoms with Gasteiger partial charge in [0.05, 0.1) is 82.2 Å². The second kappa shape index (κ2) is 21.9. The molecule has 0 radical (unpaired) electrons. The molecular formula is C46H72N3O2+3. The van der Waals surface area contributed by atoms with Crippen molar-refractivity contribution in [3.05, 3.63) is 95.1 Å². The zero-order valence-corrected chi connectivity index (χ0v) is 33.7. The molecule has 0 aliphatic rings. The quantitative estimate of drug-likeness (QED) is 0.0498. The van der Waals surface area contributed by atoms with E-state index in [-0.39, 0.29) is 0 Å². The highest BCUT2D eigenvalue weighted by molar-refractivity contribution is 5.73. The average Bonchev–Trinajstić information content (AvgIpc) is 3.09. The summed E-state index contributed by atoms with van der Waals surface area (Å²) in [7, 11) is 16.2. The zero-order valence-electron chi connectivity index (χ0n) is 33.7. The molecule has 280 valence electrons. The van der Waals surface area contributed by atoms with Crippen LogP contribution in [0.3, 0.4) is 0 Å². The van der Waals surface area contributed by atoms with Gasteiger partial charge in [0.25, 0.3) is 0 Å². The Labute approximate surface area is 313 Å². The molecule has 3 rings (SSSR count). The van der Waals surface area contributed by atoms with E-state index in [4.69, 9.17) is 9.47 Å². The Balaban J connectivity index is 1.29. The van der Waals surface area contributed by atoms with Gasteiger partial charge in [-0.1, -0.05) is 79.8 Å². The second-order valence-electron chi connectivity index (χ2n) is 16.8. The van der Waals surface area contributed by atoms with E-state index in [1.165, 1.54) is 99.9 Å². The first-order valence-electron chi connectivity index (χ1n) is 19.7. The molecule has 5 nitrogen and oxygen atoms in total. The third kappa shape index (κ3) is 19.1. The highest BCUT2D eigenvalue weighted by atomic mass is 16.5. The number of benzene rings is 3. The van der Waals surface area contributed by atoms with Gasteiger partial charge >= 0.3 is 0 Å². The molecule has 51 heavy (non-hydrogen) atoms. The largest absolute Gasteiger partial charge is 0.494 e. The highest BCUT2D eigenvalue weighted by Crippen LogP contribution is 2.18. The number of quaternary nitrogens is 3. The normalized spacial score (nSPS) is 12.6. The van der Waals surface area contributed by atoms with Crippen molar-refractivity contribution in [1.82, 2.24) is 0 Å². The lowest BCUT2D eigenvalue weighted by molar-refractivity contribution is -0.937. The van der Waals surface area contributed by atoms with Gasteiger partial charge in [0.15, 0.2) is 0 Å². The number of ether oxygens (including phenoxy) is 2. The van der Waals surface area contributed by atoms with Crippen LogP contribution in [0.5, 0.6) is 11.5 Å². The molecule has 0 spiro atoms. The Morgan fingerprint density at radius 2 is 0.725 bits per heavy atom. The number of likely N-dealkylation sites (N-methyl/N-ethyl adjacent to an activating group) is 2. The van der Waals surface area contributed by atoms with Gasteiger partial charge in [-0.25, -0.2) is 0 Å². The first-order chi connectivity index (χ1) is 24.3. The fraction of sp³-hybridized carbons (Fsp3) is 0.522. The first-order valence-corrected chi connectivity index (χ1v) is 19.7. The van der Waals surface area contributed by atoms with Crippen molar-refractivity contribution in [3.8, 4) is 11.5 Å². The van der Waals surface area contributed by atoms with E-state index in [1.54, 1.807) is 0 Å². The van der Waals surface area contributed by atoms with Gasteiger partial charge in [0, 0.05) is 0 Å². The minimum atomic E-state index is 0.785. The lowest BCUT2D eigenvalue weighted by atomic mass is 10.1. The van der Waals surface area contributed by atoms with E-state index in [9.17, 15) is 0 Å². The van der Waals surface area contributed by atoms with E-state index in [2.05, 4.69) is 153 Å². The summed E-state index contributed by atoms with van der Waals surface area (Å²) in [6, 6.07) is 25.5. The Morgan fingerprint density at radius 1 is 0.392 bits per heavy atom. The zero-order chi connectivity index (χ0) is 37.0. The Kier molecular flexibility index (Phi) is 18.0. The maximum Gasteiger partial charge on any atom is 0.128 e. The molecule has 3 aromatic carbocycles. The number of rotatable bonds is 25. The fourth-order valence-corrected chi connectivity index (χ4v) is 6.22. The maximum atomic E-state index is 6.02.